The number of unbranched alkanes of at least 4 members (excludes halogenated alkanes) is 3. The third kappa shape index (κ3) is 4.84. The average Bonchev–Trinajstić information content (AvgIpc) is 2.31. The van der Waals surface area contributed by atoms with E-state index >= 15 is 0 Å². The van der Waals surface area contributed by atoms with Gasteiger partial charge < -0.3 is 9.84 Å². The van der Waals surface area contributed by atoms with Gasteiger partial charge in [0.1, 0.15) is 0 Å². The first-order chi connectivity index (χ1) is 7.66. The van der Waals surface area contributed by atoms with Gasteiger partial charge in [0.2, 0.25) is 0 Å². The van der Waals surface area contributed by atoms with Gasteiger partial charge in [-0.3, -0.25) is 0 Å². The molecule has 16 heavy (non-hydrogen) atoms. The van der Waals surface area contributed by atoms with Gasteiger partial charge in [-0.05, 0) is 26.2 Å². The number of ether oxygens (including phenoxy) is 1. The second kappa shape index (κ2) is 9.00. The van der Waals surface area contributed by atoms with Crippen molar-refractivity contribution in [2.45, 2.75) is 84.3 Å². The highest BCUT2D eigenvalue weighted by Crippen LogP contribution is 2.28. The Morgan fingerprint density at radius 2 is 1.62 bits per heavy atom. The van der Waals surface area contributed by atoms with Gasteiger partial charge in [-0.15, -0.1) is 0 Å². The van der Waals surface area contributed by atoms with Crippen molar-refractivity contribution < 1.29 is 9.84 Å². The van der Waals surface area contributed by atoms with Gasteiger partial charge in [0, 0.05) is 6.61 Å². The number of aliphatic hydroxyl groups excluding tert-OH is 1. The molecular weight excluding hydrogens is 200 g/mol. The third-order valence-corrected chi connectivity index (χ3v) is 3.57. The minimum absolute atomic E-state index is 0.305. The fourth-order valence-corrected chi connectivity index (χ4v) is 2.34. The summed E-state index contributed by atoms with van der Waals surface area (Å²) < 4.78 is 5.80. The summed E-state index contributed by atoms with van der Waals surface area (Å²) in [6, 6.07) is 0. The van der Waals surface area contributed by atoms with Gasteiger partial charge >= 0.3 is 0 Å². The fourth-order valence-electron chi connectivity index (χ4n) is 2.34. The van der Waals surface area contributed by atoms with E-state index in [-0.39, 0.29) is 11.7 Å². The number of aliphatic hydroxyl groups is 1. The number of hydrogen-bond acceptors (Lipinski definition) is 2. The average molecular weight is 230 g/mol. The van der Waals surface area contributed by atoms with Crippen LogP contribution in [0.5, 0.6) is 0 Å². The van der Waals surface area contributed by atoms with Crippen LogP contribution in [-0.4, -0.2) is 23.4 Å². The number of hydrogen-bond donors (Lipinski definition) is 1. The topological polar surface area (TPSA) is 29.5 Å². The SMILES string of the molecule is CCCCCCC(O)C(CC)(CC)OCC. The standard InChI is InChI=1S/C14H30O2/c1-5-9-10-11-12-13(15)14(6-2,7-3)16-8-4/h13,15H,5-12H2,1-4H3. The van der Waals surface area contributed by atoms with Crippen LogP contribution >= 0.6 is 0 Å². The molecule has 0 aliphatic carbocycles. The first kappa shape index (κ1) is 15.9. The molecule has 0 rings (SSSR count). The lowest BCUT2D eigenvalue weighted by Crippen LogP contribution is -2.44. The predicted molar refractivity (Wildman–Crippen MR) is 69.7 cm³/mol. The molecule has 0 aromatic rings. The Bertz CT molecular complexity index is 153. The maximum atomic E-state index is 10.3. The van der Waals surface area contributed by atoms with Gasteiger partial charge in [0.25, 0.3) is 0 Å². The van der Waals surface area contributed by atoms with E-state index in [1.54, 1.807) is 0 Å². The van der Waals surface area contributed by atoms with E-state index < -0.39 is 0 Å². The lowest BCUT2D eigenvalue weighted by atomic mass is 9.87. The zero-order valence-corrected chi connectivity index (χ0v) is 11.6. The van der Waals surface area contributed by atoms with Gasteiger partial charge in [-0.1, -0.05) is 46.5 Å². The molecule has 0 heterocycles. The quantitative estimate of drug-likeness (QED) is 0.576. The zero-order valence-electron chi connectivity index (χ0n) is 11.6. The van der Waals surface area contributed by atoms with Crippen molar-refractivity contribution in [3.63, 3.8) is 0 Å². The largest absolute Gasteiger partial charge is 0.390 e. The van der Waals surface area contributed by atoms with Crippen LogP contribution in [0.3, 0.4) is 0 Å². The molecule has 2 heteroatoms. The lowest BCUT2D eigenvalue weighted by molar-refractivity contribution is -0.127. The zero-order chi connectivity index (χ0) is 12.4. The Kier molecular flexibility index (Phi) is 8.96. The molecule has 0 saturated heterocycles. The first-order valence-electron chi connectivity index (χ1n) is 6.98. The van der Waals surface area contributed by atoms with Crippen molar-refractivity contribution in [1.29, 1.82) is 0 Å². The normalized spacial score (nSPS) is 14.1. The summed E-state index contributed by atoms with van der Waals surface area (Å²) in [6.45, 7) is 9.11. The Morgan fingerprint density at radius 1 is 1.00 bits per heavy atom. The summed E-state index contributed by atoms with van der Waals surface area (Å²) in [6.07, 6.45) is 7.22. The molecule has 0 amide bonds. The Morgan fingerprint density at radius 3 is 2.06 bits per heavy atom. The van der Waals surface area contributed by atoms with Crippen LogP contribution in [0.1, 0.15) is 72.6 Å². The Hall–Kier alpha value is -0.0800. The smallest absolute Gasteiger partial charge is 0.0934 e. The maximum Gasteiger partial charge on any atom is 0.0934 e. The molecule has 0 bridgehead atoms. The third-order valence-electron chi connectivity index (χ3n) is 3.57. The monoisotopic (exact) mass is 230 g/mol. The Balaban J connectivity index is 4.10. The predicted octanol–water partition coefficient (Wildman–Crippen LogP) is 3.91. The summed E-state index contributed by atoms with van der Waals surface area (Å²) >= 11 is 0. The molecule has 0 spiro atoms. The molecule has 0 radical (unpaired) electrons. The second-order valence-electron chi connectivity index (χ2n) is 4.57. The van der Waals surface area contributed by atoms with E-state index in [9.17, 15) is 5.11 Å². The van der Waals surface area contributed by atoms with Gasteiger partial charge in [-0.25, -0.2) is 0 Å². The first-order valence-corrected chi connectivity index (χ1v) is 6.98. The van der Waals surface area contributed by atoms with Crippen LogP contribution in [-0.2, 0) is 4.74 Å². The van der Waals surface area contributed by atoms with Crippen LogP contribution in [0.2, 0.25) is 0 Å². The van der Waals surface area contributed by atoms with Crippen molar-refractivity contribution in [1.82, 2.24) is 0 Å². The minimum atomic E-state index is -0.306. The van der Waals surface area contributed by atoms with E-state index in [0.29, 0.717) is 6.61 Å². The summed E-state index contributed by atoms with van der Waals surface area (Å²) in [4.78, 5) is 0. The van der Waals surface area contributed by atoms with E-state index in [0.717, 1.165) is 25.7 Å². The van der Waals surface area contributed by atoms with Gasteiger partial charge in [0.05, 0.1) is 11.7 Å². The molecule has 2 nitrogen and oxygen atoms in total. The van der Waals surface area contributed by atoms with E-state index in [2.05, 4.69) is 20.8 Å². The molecule has 0 aromatic carbocycles. The molecule has 0 aliphatic heterocycles. The molecule has 1 atom stereocenters. The molecular formula is C14H30O2. The molecule has 0 aromatic heterocycles. The second-order valence-corrected chi connectivity index (χ2v) is 4.57. The summed E-state index contributed by atoms with van der Waals surface area (Å²) in [7, 11) is 0. The molecule has 0 fully saturated rings. The van der Waals surface area contributed by atoms with Crippen molar-refractivity contribution in [3.8, 4) is 0 Å². The number of rotatable bonds is 10. The van der Waals surface area contributed by atoms with Crippen LogP contribution in [0, 0.1) is 0 Å². The lowest BCUT2D eigenvalue weighted by Gasteiger charge is -2.36. The molecule has 1 unspecified atom stereocenters. The highest BCUT2D eigenvalue weighted by molar-refractivity contribution is 4.86. The highest BCUT2D eigenvalue weighted by atomic mass is 16.5. The van der Waals surface area contributed by atoms with Crippen molar-refractivity contribution in [3.05, 3.63) is 0 Å². The van der Waals surface area contributed by atoms with Crippen LogP contribution in [0.15, 0.2) is 0 Å². The molecule has 0 aliphatic rings. The molecule has 0 saturated carbocycles. The summed E-state index contributed by atoms with van der Waals surface area (Å²) in [5.74, 6) is 0. The summed E-state index contributed by atoms with van der Waals surface area (Å²) in [5, 5.41) is 10.3. The van der Waals surface area contributed by atoms with E-state index in [4.69, 9.17) is 4.74 Å². The van der Waals surface area contributed by atoms with Gasteiger partial charge in [-0.2, -0.15) is 0 Å². The maximum absolute atomic E-state index is 10.3. The van der Waals surface area contributed by atoms with Crippen LogP contribution < -0.4 is 0 Å². The van der Waals surface area contributed by atoms with Crippen molar-refractivity contribution in [2.75, 3.05) is 6.61 Å². The summed E-state index contributed by atoms with van der Waals surface area (Å²) in [5.41, 5.74) is -0.305. The van der Waals surface area contributed by atoms with Gasteiger partial charge in [0.15, 0.2) is 0 Å². The molecule has 1 N–H and O–H groups in total. The minimum Gasteiger partial charge on any atom is -0.390 e. The van der Waals surface area contributed by atoms with Crippen LogP contribution in [0.25, 0.3) is 0 Å². The van der Waals surface area contributed by atoms with Crippen molar-refractivity contribution >= 4 is 0 Å². The highest BCUT2D eigenvalue weighted by Gasteiger charge is 2.34. The van der Waals surface area contributed by atoms with E-state index in [1.165, 1.54) is 19.3 Å². The van der Waals surface area contributed by atoms with E-state index in [1.807, 2.05) is 6.92 Å². The Labute approximate surface area is 101 Å². The van der Waals surface area contributed by atoms with Crippen LogP contribution in [0.4, 0.5) is 0 Å². The van der Waals surface area contributed by atoms with Crippen molar-refractivity contribution in [2.24, 2.45) is 0 Å². The molecule has 98 valence electrons. The fraction of sp³-hybridized carbons (Fsp3) is 1.00.